The summed E-state index contributed by atoms with van der Waals surface area (Å²) < 4.78 is 5.16. The van der Waals surface area contributed by atoms with Crippen LogP contribution in [0.3, 0.4) is 0 Å². The van der Waals surface area contributed by atoms with Gasteiger partial charge in [0.2, 0.25) is 6.41 Å². The van der Waals surface area contributed by atoms with Gasteiger partial charge in [-0.15, -0.1) is 0 Å². The van der Waals surface area contributed by atoms with Crippen LogP contribution in [0.4, 0.5) is 0 Å². The fourth-order valence-electron chi connectivity index (χ4n) is 1.17. The van der Waals surface area contributed by atoms with Crippen molar-refractivity contribution in [3.8, 4) is 0 Å². The van der Waals surface area contributed by atoms with Crippen molar-refractivity contribution < 1.29 is 9.53 Å². The summed E-state index contributed by atoms with van der Waals surface area (Å²) in [6, 6.07) is 0. The first kappa shape index (κ1) is 11.4. The van der Waals surface area contributed by atoms with E-state index in [1.54, 1.807) is 0 Å². The van der Waals surface area contributed by atoms with E-state index in [-0.39, 0.29) is 0 Å². The fourth-order valence-corrected chi connectivity index (χ4v) is 1.17. The van der Waals surface area contributed by atoms with Gasteiger partial charge in [0.25, 0.3) is 0 Å². The largest absolute Gasteiger partial charge is 0.381 e. The van der Waals surface area contributed by atoms with E-state index in [1.165, 1.54) is 0 Å². The molecule has 3 heteroatoms. The Balaban J connectivity index is 0.000000561. The lowest BCUT2D eigenvalue weighted by Gasteiger charge is -2.20. The molecule has 0 radical (unpaired) electrons. The highest BCUT2D eigenvalue weighted by Gasteiger charge is 2.12. The second-order valence-electron chi connectivity index (χ2n) is 2.58. The van der Waals surface area contributed by atoms with E-state index in [9.17, 15) is 4.79 Å². The van der Waals surface area contributed by atoms with Gasteiger partial charge in [-0.25, -0.2) is 0 Å². The third kappa shape index (κ3) is 5.13. The molecule has 1 aliphatic heterocycles. The third-order valence-electron chi connectivity index (χ3n) is 1.83. The molecule has 0 unspecified atom stereocenters. The molecule has 0 aliphatic carbocycles. The van der Waals surface area contributed by atoms with Gasteiger partial charge in [-0.2, -0.15) is 0 Å². The summed E-state index contributed by atoms with van der Waals surface area (Å²) in [5.41, 5.74) is 0. The summed E-state index contributed by atoms with van der Waals surface area (Å²) in [6.07, 6.45) is 2.93. The third-order valence-corrected chi connectivity index (χ3v) is 1.83. The Morgan fingerprint density at radius 1 is 1.42 bits per heavy atom. The normalized spacial score (nSPS) is 17.5. The zero-order chi connectivity index (χ0) is 9.23. The van der Waals surface area contributed by atoms with E-state index in [0.717, 1.165) is 39.0 Å². The first-order valence-corrected chi connectivity index (χ1v) is 4.68. The van der Waals surface area contributed by atoms with E-state index < -0.39 is 0 Å². The number of hydrogen-bond donors (Lipinski definition) is 1. The van der Waals surface area contributed by atoms with Crippen LogP contribution in [-0.4, -0.2) is 26.2 Å². The topological polar surface area (TPSA) is 38.3 Å². The summed E-state index contributed by atoms with van der Waals surface area (Å²) in [7, 11) is 0. The first-order chi connectivity index (χ1) is 5.93. The number of rotatable bonds is 3. The van der Waals surface area contributed by atoms with Gasteiger partial charge in [0, 0.05) is 19.8 Å². The van der Waals surface area contributed by atoms with Crippen LogP contribution in [0, 0.1) is 5.92 Å². The van der Waals surface area contributed by atoms with Crippen LogP contribution in [0.2, 0.25) is 0 Å². The predicted molar refractivity (Wildman–Crippen MR) is 49.0 cm³/mol. The number of amides is 1. The van der Waals surface area contributed by atoms with E-state index in [2.05, 4.69) is 5.32 Å². The van der Waals surface area contributed by atoms with Crippen LogP contribution in [-0.2, 0) is 9.53 Å². The summed E-state index contributed by atoms with van der Waals surface area (Å²) in [5, 5.41) is 2.68. The molecule has 0 atom stereocenters. The molecule has 1 rings (SSSR count). The van der Waals surface area contributed by atoms with Crippen molar-refractivity contribution in [1.82, 2.24) is 5.32 Å². The number of ether oxygens (including phenoxy) is 1. The van der Waals surface area contributed by atoms with Gasteiger partial charge < -0.3 is 10.1 Å². The van der Waals surface area contributed by atoms with Crippen LogP contribution in [0.25, 0.3) is 0 Å². The molecule has 1 N–H and O–H groups in total. The first-order valence-electron chi connectivity index (χ1n) is 4.68. The standard InChI is InChI=1S/C7H13NO2.C2H6/c9-6-8-5-7-1-3-10-4-2-7;1-2/h6-7H,1-5H2,(H,8,9);1-2H3. The number of carbonyl (C=O) groups excluding carboxylic acids is 1. The molecule has 12 heavy (non-hydrogen) atoms. The van der Waals surface area contributed by atoms with Crippen LogP contribution in [0.15, 0.2) is 0 Å². The molecule has 0 aromatic heterocycles. The lowest BCUT2D eigenvalue weighted by molar-refractivity contribution is -0.109. The lowest BCUT2D eigenvalue weighted by atomic mass is 10.0. The smallest absolute Gasteiger partial charge is 0.207 e. The van der Waals surface area contributed by atoms with Crippen LogP contribution < -0.4 is 5.32 Å². The van der Waals surface area contributed by atoms with E-state index in [0.29, 0.717) is 5.92 Å². The molecule has 72 valence electrons. The maximum Gasteiger partial charge on any atom is 0.207 e. The highest BCUT2D eigenvalue weighted by atomic mass is 16.5. The minimum absolute atomic E-state index is 0.638. The van der Waals surface area contributed by atoms with Crippen LogP contribution in [0.1, 0.15) is 26.7 Å². The van der Waals surface area contributed by atoms with Crippen molar-refractivity contribution in [2.45, 2.75) is 26.7 Å². The average Bonchev–Trinajstić information content (AvgIpc) is 2.19. The van der Waals surface area contributed by atoms with E-state index in [4.69, 9.17) is 4.74 Å². The molecule has 1 fully saturated rings. The van der Waals surface area contributed by atoms with E-state index >= 15 is 0 Å². The van der Waals surface area contributed by atoms with Gasteiger partial charge in [0.1, 0.15) is 0 Å². The lowest BCUT2D eigenvalue weighted by Crippen LogP contribution is -2.26. The van der Waals surface area contributed by atoms with Gasteiger partial charge in [0.15, 0.2) is 0 Å². The molecule has 0 aromatic carbocycles. The second kappa shape index (κ2) is 8.53. The molecular formula is C9H19NO2. The Bertz CT molecular complexity index is 101. The molecule has 0 aromatic rings. The Kier molecular flexibility index (Phi) is 8.12. The van der Waals surface area contributed by atoms with Gasteiger partial charge in [-0.1, -0.05) is 13.8 Å². The van der Waals surface area contributed by atoms with Gasteiger partial charge in [-0.3, -0.25) is 4.79 Å². The van der Waals surface area contributed by atoms with Gasteiger partial charge in [-0.05, 0) is 18.8 Å². The van der Waals surface area contributed by atoms with Crippen molar-refractivity contribution in [2.75, 3.05) is 19.8 Å². The summed E-state index contributed by atoms with van der Waals surface area (Å²) >= 11 is 0. The highest BCUT2D eigenvalue weighted by Crippen LogP contribution is 2.12. The Morgan fingerprint density at radius 2 is 2.00 bits per heavy atom. The highest BCUT2D eigenvalue weighted by molar-refractivity contribution is 5.45. The zero-order valence-electron chi connectivity index (χ0n) is 8.01. The fraction of sp³-hybridized carbons (Fsp3) is 0.889. The van der Waals surface area contributed by atoms with Gasteiger partial charge >= 0.3 is 0 Å². The average molecular weight is 173 g/mol. The number of carbonyl (C=O) groups is 1. The van der Waals surface area contributed by atoms with Crippen LogP contribution >= 0.6 is 0 Å². The zero-order valence-corrected chi connectivity index (χ0v) is 8.01. The molecule has 0 spiro atoms. The summed E-state index contributed by atoms with van der Waals surface area (Å²) in [5.74, 6) is 0.638. The van der Waals surface area contributed by atoms with Crippen molar-refractivity contribution in [2.24, 2.45) is 5.92 Å². The van der Waals surface area contributed by atoms with Crippen molar-refractivity contribution in [3.05, 3.63) is 0 Å². The monoisotopic (exact) mass is 173 g/mol. The number of nitrogens with one attached hydrogen (secondary N) is 1. The molecule has 0 saturated carbocycles. The SMILES string of the molecule is CC.O=CNCC1CCOCC1. The second-order valence-corrected chi connectivity index (χ2v) is 2.58. The molecule has 0 bridgehead atoms. The minimum atomic E-state index is 0.638. The molecule has 1 heterocycles. The number of hydrogen-bond acceptors (Lipinski definition) is 2. The quantitative estimate of drug-likeness (QED) is 0.651. The Hall–Kier alpha value is -0.570. The Morgan fingerprint density at radius 3 is 2.50 bits per heavy atom. The Labute approximate surface area is 74.5 Å². The molecular weight excluding hydrogens is 154 g/mol. The van der Waals surface area contributed by atoms with Crippen molar-refractivity contribution in [1.29, 1.82) is 0 Å². The van der Waals surface area contributed by atoms with Gasteiger partial charge in [0.05, 0.1) is 0 Å². The maximum atomic E-state index is 9.91. The van der Waals surface area contributed by atoms with Crippen molar-refractivity contribution >= 4 is 6.41 Å². The maximum absolute atomic E-state index is 9.91. The predicted octanol–water partition coefficient (Wildman–Crippen LogP) is 1.19. The molecule has 1 saturated heterocycles. The summed E-state index contributed by atoms with van der Waals surface area (Å²) in [6.45, 7) is 6.52. The van der Waals surface area contributed by atoms with Crippen LogP contribution in [0.5, 0.6) is 0 Å². The molecule has 3 nitrogen and oxygen atoms in total. The van der Waals surface area contributed by atoms with Crippen molar-refractivity contribution in [3.63, 3.8) is 0 Å². The molecule has 1 aliphatic rings. The van der Waals surface area contributed by atoms with E-state index in [1.807, 2.05) is 13.8 Å². The molecule has 1 amide bonds. The summed E-state index contributed by atoms with van der Waals surface area (Å²) in [4.78, 5) is 9.91. The minimum Gasteiger partial charge on any atom is -0.381 e.